The average Bonchev–Trinajstić information content (AvgIpc) is 2.88. The van der Waals surface area contributed by atoms with Gasteiger partial charge in [0, 0.05) is 18.5 Å². The second-order valence-corrected chi connectivity index (χ2v) is 6.95. The second-order valence-electron chi connectivity index (χ2n) is 5.78. The summed E-state index contributed by atoms with van der Waals surface area (Å²) in [6, 6.07) is 17.7. The highest BCUT2D eigenvalue weighted by molar-refractivity contribution is 7.99. The van der Waals surface area contributed by atoms with E-state index in [0.29, 0.717) is 6.54 Å². The fourth-order valence-corrected chi connectivity index (χ4v) is 3.60. The number of benzene rings is 2. The van der Waals surface area contributed by atoms with E-state index in [1.54, 1.807) is 23.4 Å². The van der Waals surface area contributed by atoms with Crippen LogP contribution in [0.25, 0.3) is 11.0 Å². The predicted molar refractivity (Wildman–Crippen MR) is 102 cm³/mol. The van der Waals surface area contributed by atoms with Crippen molar-refractivity contribution in [2.75, 3.05) is 12.3 Å². The largest absolute Gasteiger partial charge is 0.355 e. The van der Waals surface area contributed by atoms with Crippen molar-refractivity contribution in [1.29, 1.82) is 0 Å². The van der Waals surface area contributed by atoms with Crippen molar-refractivity contribution in [2.24, 2.45) is 7.05 Å². The highest BCUT2D eigenvalue weighted by Crippen LogP contribution is 2.17. The molecule has 2 aromatic carbocycles. The third-order valence-corrected chi connectivity index (χ3v) is 5.11. The molecule has 0 saturated carbocycles. The summed E-state index contributed by atoms with van der Waals surface area (Å²) in [7, 11) is 1.72. The quantitative estimate of drug-likeness (QED) is 0.524. The Hall–Kier alpha value is -2.47. The van der Waals surface area contributed by atoms with Crippen molar-refractivity contribution in [3.8, 4) is 0 Å². The summed E-state index contributed by atoms with van der Waals surface area (Å²) >= 11 is 1.77. The number of aromatic nitrogens is 2. The number of nitrogens with one attached hydrogen (secondary N) is 1. The predicted octanol–water partition coefficient (Wildman–Crippen LogP) is 2.64. The SMILES string of the molecule is Cn1c(=O)n(CC(=O)NCCCSc2ccccc2)c2ccccc21. The molecule has 1 heterocycles. The normalized spacial score (nSPS) is 10.9. The summed E-state index contributed by atoms with van der Waals surface area (Å²) in [5, 5.41) is 2.90. The van der Waals surface area contributed by atoms with Gasteiger partial charge in [-0.25, -0.2) is 4.79 Å². The molecule has 130 valence electrons. The van der Waals surface area contributed by atoms with Gasteiger partial charge in [-0.2, -0.15) is 0 Å². The summed E-state index contributed by atoms with van der Waals surface area (Å²) in [6.07, 6.45) is 0.885. The van der Waals surface area contributed by atoms with Crippen molar-refractivity contribution in [3.63, 3.8) is 0 Å². The van der Waals surface area contributed by atoms with Gasteiger partial charge in [0.05, 0.1) is 11.0 Å². The standard InChI is InChI=1S/C19H21N3O2S/c1-21-16-10-5-6-11-17(16)22(19(21)24)14-18(23)20-12-7-13-25-15-8-3-2-4-9-15/h2-6,8-11H,7,12-14H2,1H3,(H,20,23). The van der Waals surface area contributed by atoms with Crippen LogP contribution in [0.1, 0.15) is 6.42 Å². The van der Waals surface area contributed by atoms with Crippen LogP contribution in [0.5, 0.6) is 0 Å². The number of hydrogen-bond acceptors (Lipinski definition) is 3. The first-order chi connectivity index (χ1) is 12.2. The fourth-order valence-electron chi connectivity index (χ4n) is 2.72. The summed E-state index contributed by atoms with van der Waals surface area (Å²) in [5.74, 6) is 0.807. The molecule has 1 N–H and O–H groups in total. The van der Waals surface area contributed by atoms with Crippen molar-refractivity contribution < 1.29 is 4.79 Å². The van der Waals surface area contributed by atoms with Crippen LogP contribution in [-0.2, 0) is 18.4 Å². The maximum absolute atomic E-state index is 12.3. The second kappa shape index (κ2) is 8.07. The third-order valence-electron chi connectivity index (χ3n) is 4.01. The lowest BCUT2D eigenvalue weighted by Gasteiger charge is -2.06. The summed E-state index contributed by atoms with van der Waals surface area (Å²) in [5.41, 5.74) is 1.44. The Balaban J connectivity index is 1.50. The van der Waals surface area contributed by atoms with Gasteiger partial charge in [0.2, 0.25) is 5.91 Å². The van der Waals surface area contributed by atoms with Crippen LogP contribution in [0.3, 0.4) is 0 Å². The molecule has 3 aromatic rings. The number of thioether (sulfide) groups is 1. The van der Waals surface area contributed by atoms with Crippen LogP contribution in [0.4, 0.5) is 0 Å². The summed E-state index contributed by atoms with van der Waals surface area (Å²) in [4.78, 5) is 25.7. The number of carbonyl (C=O) groups excluding carboxylic acids is 1. The number of imidazole rings is 1. The van der Waals surface area contributed by atoms with E-state index in [1.807, 2.05) is 42.5 Å². The lowest BCUT2D eigenvalue weighted by molar-refractivity contribution is -0.121. The Morgan fingerprint density at radius 3 is 2.48 bits per heavy atom. The number of carbonyl (C=O) groups is 1. The van der Waals surface area contributed by atoms with Gasteiger partial charge < -0.3 is 5.32 Å². The van der Waals surface area contributed by atoms with Crippen molar-refractivity contribution in [2.45, 2.75) is 17.9 Å². The molecule has 0 aliphatic carbocycles. The van der Waals surface area contributed by atoms with E-state index < -0.39 is 0 Å². The molecule has 0 unspecified atom stereocenters. The topological polar surface area (TPSA) is 56.0 Å². The van der Waals surface area contributed by atoms with Gasteiger partial charge in [-0.1, -0.05) is 30.3 Å². The lowest BCUT2D eigenvalue weighted by Crippen LogP contribution is -2.33. The molecular formula is C19H21N3O2S. The van der Waals surface area contributed by atoms with E-state index in [0.717, 1.165) is 23.2 Å². The molecule has 0 atom stereocenters. The molecule has 0 saturated heterocycles. The number of amides is 1. The van der Waals surface area contributed by atoms with E-state index in [2.05, 4.69) is 17.4 Å². The molecule has 0 radical (unpaired) electrons. The van der Waals surface area contributed by atoms with E-state index >= 15 is 0 Å². The van der Waals surface area contributed by atoms with Crippen LogP contribution in [-0.4, -0.2) is 27.3 Å². The first-order valence-corrected chi connectivity index (χ1v) is 9.24. The highest BCUT2D eigenvalue weighted by atomic mass is 32.2. The van der Waals surface area contributed by atoms with Gasteiger partial charge in [0.1, 0.15) is 6.54 Å². The molecule has 0 bridgehead atoms. The van der Waals surface area contributed by atoms with Crippen LogP contribution in [0.15, 0.2) is 64.3 Å². The zero-order chi connectivity index (χ0) is 17.6. The maximum Gasteiger partial charge on any atom is 0.329 e. The smallest absolute Gasteiger partial charge is 0.329 e. The third kappa shape index (κ3) is 4.14. The van der Waals surface area contributed by atoms with Gasteiger partial charge >= 0.3 is 5.69 Å². The molecule has 0 aliphatic rings. The average molecular weight is 355 g/mol. The molecule has 1 amide bonds. The number of hydrogen-bond donors (Lipinski definition) is 1. The molecular weight excluding hydrogens is 334 g/mol. The Labute approximate surface area is 150 Å². The number of fused-ring (bicyclic) bond motifs is 1. The maximum atomic E-state index is 12.3. The number of nitrogens with zero attached hydrogens (tertiary/aromatic N) is 2. The molecule has 25 heavy (non-hydrogen) atoms. The highest BCUT2D eigenvalue weighted by Gasteiger charge is 2.12. The van der Waals surface area contributed by atoms with Gasteiger partial charge in [-0.15, -0.1) is 11.8 Å². The molecule has 0 spiro atoms. The minimum absolute atomic E-state index is 0.0476. The van der Waals surface area contributed by atoms with E-state index in [-0.39, 0.29) is 18.1 Å². The Bertz CT molecular complexity index is 915. The van der Waals surface area contributed by atoms with Crippen LogP contribution >= 0.6 is 11.8 Å². The Morgan fingerprint density at radius 2 is 1.72 bits per heavy atom. The monoisotopic (exact) mass is 355 g/mol. The van der Waals surface area contributed by atoms with Crippen molar-refractivity contribution in [1.82, 2.24) is 14.5 Å². The lowest BCUT2D eigenvalue weighted by atomic mass is 10.3. The number of para-hydroxylation sites is 2. The summed E-state index contributed by atoms with van der Waals surface area (Å²) < 4.78 is 3.09. The van der Waals surface area contributed by atoms with E-state index in [1.165, 1.54) is 9.46 Å². The van der Waals surface area contributed by atoms with Crippen molar-refractivity contribution in [3.05, 3.63) is 65.1 Å². The fraction of sp³-hybridized carbons (Fsp3) is 0.263. The van der Waals surface area contributed by atoms with E-state index in [9.17, 15) is 9.59 Å². The molecule has 0 fully saturated rings. The van der Waals surface area contributed by atoms with Crippen molar-refractivity contribution >= 4 is 28.7 Å². The van der Waals surface area contributed by atoms with Gasteiger partial charge in [-0.3, -0.25) is 13.9 Å². The number of rotatable bonds is 7. The van der Waals surface area contributed by atoms with E-state index in [4.69, 9.17) is 0 Å². The zero-order valence-electron chi connectivity index (χ0n) is 14.1. The summed E-state index contributed by atoms with van der Waals surface area (Å²) in [6.45, 7) is 0.657. The van der Waals surface area contributed by atoms with Crippen LogP contribution in [0, 0.1) is 0 Å². The minimum Gasteiger partial charge on any atom is -0.355 e. The number of aryl methyl sites for hydroxylation is 1. The minimum atomic E-state index is -0.170. The first-order valence-electron chi connectivity index (χ1n) is 8.25. The molecule has 5 nitrogen and oxygen atoms in total. The molecule has 3 rings (SSSR count). The van der Waals surface area contributed by atoms with Crippen LogP contribution in [0.2, 0.25) is 0 Å². The van der Waals surface area contributed by atoms with Gasteiger partial charge in [0.25, 0.3) is 0 Å². The van der Waals surface area contributed by atoms with Gasteiger partial charge in [-0.05, 0) is 36.4 Å². The molecule has 0 aliphatic heterocycles. The molecule has 6 heteroatoms. The Morgan fingerprint density at radius 1 is 1.04 bits per heavy atom. The Kier molecular flexibility index (Phi) is 5.60. The van der Waals surface area contributed by atoms with Crippen LogP contribution < -0.4 is 11.0 Å². The first kappa shape index (κ1) is 17.4. The van der Waals surface area contributed by atoms with Gasteiger partial charge in [0.15, 0.2) is 0 Å². The molecule has 1 aromatic heterocycles. The zero-order valence-corrected chi connectivity index (χ0v) is 15.0.